The van der Waals surface area contributed by atoms with E-state index in [0.29, 0.717) is 4.99 Å². The van der Waals surface area contributed by atoms with Gasteiger partial charge in [0.15, 0.2) is 0 Å². The van der Waals surface area contributed by atoms with Crippen molar-refractivity contribution in [3.8, 4) is 28.1 Å². The second kappa shape index (κ2) is 9.49. The van der Waals surface area contributed by atoms with Crippen LogP contribution >= 0.6 is 23.8 Å². The molecule has 36 heavy (non-hydrogen) atoms. The fourth-order valence-corrected chi connectivity index (χ4v) is 5.68. The highest BCUT2D eigenvalue weighted by molar-refractivity contribution is 7.81. The van der Waals surface area contributed by atoms with Crippen molar-refractivity contribution >= 4 is 40.1 Å². The average molecular weight is 512 g/mol. The van der Waals surface area contributed by atoms with Crippen LogP contribution in [0, 0.1) is 0 Å². The van der Waals surface area contributed by atoms with Crippen LogP contribution in [0.3, 0.4) is 0 Å². The molecule has 1 aliphatic rings. The summed E-state index contributed by atoms with van der Waals surface area (Å²) in [4.78, 5) is 0.695. The van der Waals surface area contributed by atoms with Crippen LogP contribution in [-0.2, 0) is 13.0 Å². The highest BCUT2D eigenvalue weighted by Crippen LogP contribution is 2.40. The van der Waals surface area contributed by atoms with Gasteiger partial charge in [0.05, 0.1) is 18.5 Å². The molecule has 0 spiro atoms. The van der Waals surface area contributed by atoms with Crippen molar-refractivity contribution in [2.24, 2.45) is 0 Å². The van der Waals surface area contributed by atoms with Gasteiger partial charge in [-0.15, -0.1) is 0 Å². The second-order valence-corrected chi connectivity index (χ2v) is 9.92. The molecule has 3 aromatic carbocycles. The number of anilines is 1. The first kappa shape index (κ1) is 22.9. The molecule has 0 atom stereocenters. The first-order chi connectivity index (χ1) is 17.6. The van der Waals surface area contributed by atoms with Gasteiger partial charge in [-0.05, 0) is 66.8 Å². The van der Waals surface area contributed by atoms with E-state index in [1.165, 1.54) is 28.0 Å². The van der Waals surface area contributed by atoms with E-state index in [9.17, 15) is 0 Å². The molecule has 0 aliphatic carbocycles. The Morgan fingerprint density at radius 2 is 1.67 bits per heavy atom. The quantitative estimate of drug-likeness (QED) is 0.244. The number of hydrogen-bond acceptors (Lipinski definition) is 2. The predicted molar refractivity (Wildman–Crippen MR) is 153 cm³/mol. The number of methoxy groups -OCH3 is 1. The molecular formula is C30H26ClN3OS. The third-order valence-corrected chi connectivity index (χ3v) is 7.45. The molecule has 180 valence electrons. The lowest BCUT2D eigenvalue weighted by molar-refractivity contribution is 0.415. The number of nitrogens with one attached hydrogen (secondary N) is 1. The molecular weight excluding hydrogens is 486 g/mol. The van der Waals surface area contributed by atoms with Crippen LogP contribution in [0.15, 0.2) is 85.1 Å². The maximum Gasteiger partial charge on any atom is 0.128 e. The molecule has 1 N–H and O–H groups in total. The summed E-state index contributed by atoms with van der Waals surface area (Å²) >= 11 is 12.3. The average Bonchev–Trinajstić information content (AvgIpc) is 3.33. The van der Waals surface area contributed by atoms with E-state index in [0.717, 1.165) is 53.5 Å². The molecule has 0 fully saturated rings. The van der Waals surface area contributed by atoms with Gasteiger partial charge in [0.2, 0.25) is 0 Å². The predicted octanol–water partition coefficient (Wildman–Crippen LogP) is 7.86. The summed E-state index contributed by atoms with van der Waals surface area (Å²) in [6.07, 6.45) is 5.52. The normalized spacial score (nSPS) is 12.9. The van der Waals surface area contributed by atoms with Crippen molar-refractivity contribution < 1.29 is 4.74 Å². The molecule has 3 heterocycles. The lowest BCUT2D eigenvalue weighted by atomic mass is 9.98. The smallest absolute Gasteiger partial charge is 0.128 e. The third kappa shape index (κ3) is 3.98. The van der Waals surface area contributed by atoms with Crippen LogP contribution in [0.2, 0.25) is 5.02 Å². The van der Waals surface area contributed by atoms with Crippen molar-refractivity contribution in [2.75, 3.05) is 12.4 Å². The van der Waals surface area contributed by atoms with Gasteiger partial charge in [-0.25, -0.2) is 0 Å². The topological polar surface area (TPSA) is 30.6 Å². The van der Waals surface area contributed by atoms with Gasteiger partial charge in [-0.2, -0.15) is 0 Å². The van der Waals surface area contributed by atoms with Crippen molar-refractivity contribution in [1.29, 1.82) is 0 Å². The van der Waals surface area contributed by atoms with Gasteiger partial charge >= 0.3 is 0 Å². The molecule has 0 amide bonds. The molecule has 6 heteroatoms. The van der Waals surface area contributed by atoms with Crippen LogP contribution in [0.25, 0.3) is 28.0 Å². The zero-order chi connectivity index (χ0) is 24.6. The molecule has 0 saturated carbocycles. The molecule has 2 aromatic heterocycles. The van der Waals surface area contributed by atoms with Crippen LogP contribution in [-0.4, -0.2) is 21.1 Å². The number of ether oxygens (including phenoxy) is 1. The van der Waals surface area contributed by atoms with E-state index in [2.05, 4.69) is 62.9 Å². The van der Waals surface area contributed by atoms with Crippen molar-refractivity contribution in [3.05, 3.63) is 101 Å². The van der Waals surface area contributed by atoms with Gasteiger partial charge in [-0.1, -0.05) is 66.3 Å². The Hall–Kier alpha value is -3.54. The molecule has 0 unspecified atom stereocenters. The van der Waals surface area contributed by atoms with E-state index in [-0.39, 0.29) is 0 Å². The van der Waals surface area contributed by atoms with E-state index in [4.69, 9.17) is 28.6 Å². The summed E-state index contributed by atoms with van der Waals surface area (Å²) in [6, 6.07) is 26.6. The first-order valence-electron chi connectivity index (χ1n) is 12.2. The number of benzene rings is 3. The van der Waals surface area contributed by atoms with Crippen LogP contribution in [0.5, 0.6) is 5.75 Å². The minimum atomic E-state index is 0.695. The Morgan fingerprint density at radius 1 is 0.917 bits per heavy atom. The fourth-order valence-electron chi connectivity index (χ4n) is 5.24. The van der Waals surface area contributed by atoms with Crippen molar-refractivity contribution in [3.63, 3.8) is 0 Å². The summed E-state index contributed by atoms with van der Waals surface area (Å²) in [7, 11) is 1.67. The van der Waals surface area contributed by atoms with E-state index in [1.807, 2.05) is 36.4 Å². The molecule has 0 radical (unpaired) electrons. The summed E-state index contributed by atoms with van der Waals surface area (Å²) in [5.41, 5.74) is 9.27. The Morgan fingerprint density at radius 3 is 2.39 bits per heavy atom. The van der Waals surface area contributed by atoms with E-state index in [1.54, 1.807) is 7.11 Å². The van der Waals surface area contributed by atoms with Crippen molar-refractivity contribution in [2.45, 2.75) is 25.8 Å². The molecule has 0 saturated heterocycles. The number of halogens is 1. The summed E-state index contributed by atoms with van der Waals surface area (Å²) in [5, 5.41) is 4.23. The monoisotopic (exact) mass is 511 g/mol. The van der Waals surface area contributed by atoms with Crippen molar-refractivity contribution in [1.82, 2.24) is 8.97 Å². The van der Waals surface area contributed by atoms with Gasteiger partial charge in [0.1, 0.15) is 16.4 Å². The minimum Gasteiger partial charge on any atom is -0.497 e. The largest absolute Gasteiger partial charge is 0.497 e. The summed E-state index contributed by atoms with van der Waals surface area (Å²) in [6.45, 7) is 0.970. The zero-order valence-electron chi connectivity index (χ0n) is 20.0. The third-order valence-electron chi connectivity index (χ3n) is 6.90. The first-order valence-corrected chi connectivity index (χ1v) is 13.0. The number of aryl methyl sites for hydroxylation is 2. The standard InChI is InChI=1S/C30H26ClN3OS/c1-35-24-16-14-23(15-17-24)32-29(36)28-27(21-7-3-2-4-8-21)25-9-5-6-18-33-26(19-34(28)30(25)33)20-10-12-22(31)13-11-20/h2-4,7-8,10-17,19H,5-6,9,18H2,1H3,(H,32,36). The number of imidazole rings is 1. The second-order valence-electron chi connectivity index (χ2n) is 9.07. The Kier molecular flexibility index (Phi) is 6.04. The zero-order valence-corrected chi connectivity index (χ0v) is 21.6. The highest BCUT2D eigenvalue weighted by Gasteiger charge is 2.28. The summed E-state index contributed by atoms with van der Waals surface area (Å²) in [5.74, 6) is 0.815. The van der Waals surface area contributed by atoms with Gasteiger partial charge in [0.25, 0.3) is 0 Å². The molecule has 0 bridgehead atoms. The highest BCUT2D eigenvalue weighted by atomic mass is 35.5. The number of thiocarbonyl (C=S) groups is 1. The summed E-state index contributed by atoms with van der Waals surface area (Å²) < 4.78 is 10.1. The molecule has 6 rings (SSSR count). The molecule has 1 aliphatic heterocycles. The number of nitrogens with zero attached hydrogens (tertiary/aromatic N) is 2. The minimum absolute atomic E-state index is 0.695. The number of hydrogen-bond donors (Lipinski definition) is 1. The fraction of sp³-hybridized carbons (Fsp3) is 0.167. The SMILES string of the molecule is COc1ccc(NC(=S)c2c(-c3ccccc3)c3c4n(c(-c5ccc(Cl)cc5)cn24)CCCC3)cc1. The van der Waals surface area contributed by atoms with E-state index >= 15 is 0 Å². The van der Waals surface area contributed by atoms with Gasteiger partial charge < -0.3 is 14.6 Å². The van der Waals surface area contributed by atoms with E-state index < -0.39 is 0 Å². The maximum atomic E-state index is 6.20. The number of rotatable bonds is 5. The lowest BCUT2D eigenvalue weighted by Crippen LogP contribution is -2.14. The van der Waals surface area contributed by atoms with Gasteiger partial charge in [-0.3, -0.25) is 4.40 Å². The van der Waals surface area contributed by atoms with Crippen LogP contribution in [0.4, 0.5) is 5.69 Å². The Bertz CT molecular complexity index is 1550. The van der Waals surface area contributed by atoms with Crippen LogP contribution in [0.1, 0.15) is 24.1 Å². The Labute approximate surface area is 221 Å². The van der Waals surface area contributed by atoms with Crippen LogP contribution < -0.4 is 10.1 Å². The number of aromatic nitrogens is 2. The Balaban J connectivity index is 1.57. The maximum absolute atomic E-state index is 6.20. The molecule has 5 aromatic rings. The molecule has 4 nitrogen and oxygen atoms in total. The lowest BCUT2D eigenvalue weighted by Gasteiger charge is -2.12. The van der Waals surface area contributed by atoms with Gasteiger partial charge in [0, 0.05) is 34.6 Å².